The molecule has 0 radical (unpaired) electrons. The van der Waals surface area contributed by atoms with Gasteiger partial charge in [-0.3, -0.25) is 4.79 Å². The van der Waals surface area contributed by atoms with E-state index >= 15 is 0 Å². The third-order valence-corrected chi connectivity index (χ3v) is 3.19. The van der Waals surface area contributed by atoms with E-state index in [2.05, 4.69) is 4.98 Å². The molecule has 0 amide bonds. The number of carbonyl (C=O) groups is 1. The van der Waals surface area contributed by atoms with Crippen LogP contribution in [0.15, 0.2) is 0 Å². The topological polar surface area (TPSA) is 62.3 Å². The van der Waals surface area contributed by atoms with Crippen LogP contribution in [0.4, 0.5) is 0 Å². The van der Waals surface area contributed by atoms with Gasteiger partial charge in [0.2, 0.25) is 0 Å². The lowest BCUT2D eigenvalue weighted by atomic mass is 9.96. The van der Waals surface area contributed by atoms with Crippen LogP contribution in [0.5, 0.6) is 0 Å². The number of H-pyrrole nitrogens is 1. The maximum absolute atomic E-state index is 10.9. The molecule has 1 aromatic rings. The fourth-order valence-electron chi connectivity index (χ4n) is 2.19. The van der Waals surface area contributed by atoms with E-state index in [0.29, 0.717) is 13.0 Å². The van der Waals surface area contributed by atoms with E-state index in [0.717, 1.165) is 24.3 Å². The second kappa shape index (κ2) is 4.29. The molecule has 0 aromatic carbocycles. The van der Waals surface area contributed by atoms with Crippen molar-refractivity contribution in [2.24, 2.45) is 5.92 Å². The van der Waals surface area contributed by atoms with Crippen molar-refractivity contribution in [1.29, 1.82) is 0 Å². The first kappa shape index (κ1) is 11.2. The number of fused-ring (bicyclic) bond motifs is 1. The largest absolute Gasteiger partial charge is 0.481 e. The molecule has 4 heteroatoms. The summed E-state index contributed by atoms with van der Waals surface area (Å²) >= 11 is 0. The number of aliphatic carboxylic acids is 1. The average molecular weight is 223 g/mol. The summed E-state index contributed by atoms with van der Waals surface area (Å²) in [6.45, 7) is 5.11. The van der Waals surface area contributed by atoms with Crippen molar-refractivity contribution in [1.82, 2.24) is 4.98 Å². The number of carboxylic acids is 1. The minimum absolute atomic E-state index is 0.347. The highest BCUT2D eigenvalue weighted by Crippen LogP contribution is 2.26. The highest BCUT2D eigenvalue weighted by atomic mass is 16.5. The maximum atomic E-state index is 10.9. The van der Waals surface area contributed by atoms with Gasteiger partial charge < -0.3 is 14.8 Å². The summed E-state index contributed by atoms with van der Waals surface area (Å²) in [6.07, 6.45) is 1.48. The molecule has 1 unspecified atom stereocenters. The Morgan fingerprint density at radius 1 is 1.62 bits per heavy atom. The van der Waals surface area contributed by atoms with Crippen LogP contribution < -0.4 is 0 Å². The van der Waals surface area contributed by atoms with Crippen LogP contribution in [-0.2, 0) is 29.0 Å². The van der Waals surface area contributed by atoms with E-state index in [-0.39, 0.29) is 5.92 Å². The van der Waals surface area contributed by atoms with Crippen LogP contribution in [0.3, 0.4) is 0 Å². The third-order valence-electron chi connectivity index (χ3n) is 3.19. The number of hydrogen-bond acceptors (Lipinski definition) is 2. The van der Waals surface area contributed by atoms with Crippen molar-refractivity contribution >= 4 is 5.97 Å². The van der Waals surface area contributed by atoms with Crippen molar-refractivity contribution in [2.45, 2.75) is 33.3 Å². The lowest BCUT2D eigenvalue weighted by molar-refractivity contribution is -0.141. The lowest BCUT2D eigenvalue weighted by Crippen LogP contribution is -2.15. The predicted octanol–water partition coefficient (Wildman–Crippen LogP) is 1.66. The van der Waals surface area contributed by atoms with E-state index in [1.807, 2.05) is 6.92 Å². The molecule has 0 saturated carbocycles. The van der Waals surface area contributed by atoms with E-state index < -0.39 is 5.97 Å². The average Bonchev–Trinajstić information content (AvgIpc) is 2.55. The van der Waals surface area contributed by atoms with E-state index in [1.54, 1.807) is 6.92 Å². The van der Waals surface area contributed by atoms with Crippen LogP contribution in [0.1, 0.15) is 29.4 Å². The number of nitrogens with one attached hydrogen (secondary N) is 1. The van der Waals surface area contributed by atoms with Crippen LogP contribution in [-0.4, -0.2) is 22.7 Å². The summed E-state index contributed by atoms with van der Waals surface area (Å²) in [7, 11) is 0. The molecule has 0 fully saturated rings. The lowest BCUT2D eigenvalue weighted by Gasteiger charge is -2.14. The molecule has 88 valence electrons. The molecule has 0 aliphatic carbocycles. The van der Waals surface area contributed by atoms with Gasteiger partial charge in [-0.1, -0.05) is 6.92 Å². The summed E-state index contributed by atoms with van der Waals surface area (Å²) in [6, 6.07) is 0. The van der Waals surface area contributed by atoms with Crippen LogP contribution in [0.2, 0.25) is 0 Å². The molecule has 2 rings (SSSR count). The summed E-state index contributed by atoms with van der Waals surface area (Å²) in [4.78, 5) is 14.2. The highest BCUT2D eigenvalue weighted by molar-refractivity contribution is 5.70. The summed E-state index contributed by atoms with van der Waals surface area (Å²) in [5, 5.41) is 8.93. The number of aryl methyl sites for hydroxylation is 1. The number of aromatic amines is 1. The van der Waals surface area contributed by atoms with Crippen molar-refractivity contribution in [3.63, 3.8) is 0 Å². The maximum Gasteiger partial charge on any atom is 0.306 e. The van der Waals surface area contributed by atoms with Gasteiger partial charge in [0.1, 0.15) is 0 Å². The van der Waals surface area contributed by atoms with Gasteiger partial charge >= 0.3 is 5.97 Å². The first-order valence-corrected chi connectivity index (χ1v) is 5.59. The first-order chi connectivity index (χ1) is 7.59. The van der Waals surface area contributed by atoms with E-state index in [1.165, 1.54) is 11.3 Å². The fourth-order valence-corrected chi connectivity index (χ4v) is 2.19. The van der Waals surface area contributed by atoms with Crippen molar-refractivity contribution in [2.75, 3.05) is 6.61 Å². The molecular weight excluding hydrogens is 206 g/mol. The number of aromatic nitrogens is 1. The second-order valence-corrected chi connectivity index (χ2v) is 4.43. The molecular formula is C12H17NO3. The molecule has 4 nitrogen and oxygen atoms in total. The van der Waals surface area contributed by atoms with Gasteiger partial charge in [-0.15, -0.1) is 0 Å². The molecule has 1 aliphatic heterocycles. The number of rotatable bonds is 3. The van der Waals surface area contributed by atoms with Crippen LogP contribution in [0.25, 0.3) is 0 Å². The molecule has 2 N–H and O–H groups in total. The van der Waals surface area contributed by atoms with Gasteiger partial charge in [0.15, 0.2) is 0 Å². The van der Waals surface area contributed by atoms with Crippen molar-refractivity contribution in [3.05, 3.63) is 22.5 Å². The Bertz CT molecular complexity index is 409. The standard InChI is InChI=1S/C12H17NO3/c1-7(12(14)15)5-9-8(2)13-11-3-4-16-6-10(9)11/h7,13H,3-6H2,1-2H3,(H,14,15). The van der Waals surface area contributed by atoms with Gasteiger partial charge in [0, 0.05) is 23.4 Å². The molecule has 1 aromatic heterocycles. The molecule has 1 aliphatic rings. The van der Waals surface area contributed by atoms with Gasteiger partial charge in [-0.2, -0.15) is 0 Å². The van der Waals surface area contributed by atoms with Crippen LogP contribution in [0, 0.1) is 12.8 Å². The van der Waals surface area contributed by atoms with E-state index in [9.17, 15) is 4.79 Å². The summed E-state index contributed by atoms with van der Waals surface area (Å²) in [5.41, 5.74) is 4.61. The first-order valence-electron chi connectivity index (χ1n) is 5.59. The Morgan fingerprint density at radius 3 is 3.06 bits per heavy atom. The second-order valence-electron chi connectivity index (χ2n) is 4.43. The quantitative estimate of drug-likeness (QED) is 0.819. The van der Waals surface area contributed by atoms with E-state index in [4.69, 9.17) is 9.84 Å². The summed E-state index contributed by atoms with van der Waals surface area (Å²) in [5.74, 6) is -1.09. The molecule has 1 atom stereocenters. The third kappa shape index (κ3) is 1.97. The Balaban J connectivity index is 2.26. The highest BCUT2D eigenvalue weighted by Gasteiger charge is 2.21. The molecule has 0 saturated heterocycles. The zero-order chi connectivity index (χ0) is 11.7. The Hall–Kier alpha value is -1.29. The SMILES string of the molecule is Cc1[nH]c2c(c1CC(C)C(=O)O)COCC2. The van der Waals surface area contributed by atoms with Gasteiger partial charge in [0.25, 0.3) is 0 Å². The molecule has 0 spiro atoms. The zero-order valence-electron chi connectivity index (χ0n) is 9.67. The Morgan fingerprint density at radius 2 is 2.38 bits per heavy atom. The molecule has 16 heavy (non-hydrogen) atoms. The normalized spacial score (nSPS) is 16.9. The Kier molecular flexibility index (Phi) is 3.01. The minimum Gasteiger partial charge on any atom is -0.481 e. The molecule has 2 heterocycles. The Labute approximate surface area is 94.6 Å². The number of carboxylic acid groups (broad SMARTS) is 1. The molecule has 0 bridgehead atoms. The minimum atomic E-state index is -0.744. The zero-order valence-corrected chi connectivity index (χ0v) is 9.67. The predicted molar refractivity (Wildman–Crippen MR) is 59.4 cm³/mol. The summed E-state index contributed by atoms with van der Waals surface area (Å²) < 4.78 is 5.42. The van der Waals surface area contributed by atoms with Crippen molar-refractivity contribution in [3.8, 4) is 0 Å². The van der Waals surface area contributed by atoms with Gasteiger partial charge in [0.05, 0.1) is 19.1 Å². The smallest absolute Gasteiger partial charge is 0.306 e. The fraction of sp³-hybridized carbons (Fsp3) is 0.583. The van der Waals surface area contributed by atoms with Gasteiger partial charge in [-0.25, -0.2) is 0 Å². The number of hydrogen-bond donors (Lipinski definition) is 2. The monoisotopic (exact) mass is 223 g/mol. The van der Waals surface area contributed by atoms with Crippen molar-refractivity contribution < 1.29 is 14.6 Å². The van der Waals surface area contributed by atoms with Gasteiger partial charge in [-0.05, 0) is 18.9 Å². The van der Waals surface area contributed by atoms with Crippen LogP contribution >= 0.6 is 0 Å². The number of ether oxygens (including phenoxy) is 1.